The lowest BCUT2D eigenvalue weighted by molar-refractivity contribution is -0.151. The van der Waals surface area contributed by atoms with E-state index in [9.17, 15) is 19.8 Å². The number of aromatic hydroxyl groups is 2. The molecule has 0 amide bonds. The van der Waals surface area contributed by atoms with E-state index in [0.717, 1.165) is 25.7 Å². The zero-order chi connectivity index (χ0) is 17.7. The number of carbonyl (C=O) groups excluding carboxylic acids is 2. The number of fused-ring (bicyclic) bond motifs is 1. The maximum atomic E-state index is 11.7. The number of ether oxygens (including phenoxy) is 2. The van der Waals surface area contributed by atoms with Crippen LogP contribution < -0.4 is 0 Å². The third kappa shape index (κ3) is 4.88. The molecule has 1 aliphatic rings. The van der Waals surface area contributed by atoms with Crippen LogP contribution in [0, 0.1) is 0 Å². The van der Waals surface area contributed by atoms with E-state index in [1.54, 1.807) is 0 Å². The molecule has 1 aromatic rings. The Kier molecular flexibility index (Phi) is 6.06. The molecule has 0 radical (unpaired) electrons. The molecular weight excluding hydrogens is 312 g/mol. The molecule has 24 heavy (non-hydrogen) atoms. The molecule has 0 saturated heterocycles. The van der Waals surface area contributed by atoms with Crippen LogP contribution in [0.25, 0.3) is 0 Å². The van der Waals surface area contributed by atoms with E-state index in [2.05, 4.69) is 0 Å². The first-order chi connectivity index (χ1) is 11.4. The molecule has 2 rings (SSSR count). The third-order valence-corrected chi connectivity index (χ3v) is 4.10. The molecule has 0 unspecified atom stereocenters. The van der Waals surface area contributed by atoms with Gasteiger partial charge in [-0.2, -0.15) is 0 Å². The summed E-state index contributed by atoms with van der Waals surface area (Å²) in [5.41, 5.74) is 1.22. The molecule has 1 aromatic carbocycles. The molecule has 1 aliphatic heterocycles. The lowest BCUT2D eigenvalue weighted by Gasteiger charge is -2.26. The highest BCUT2D eigenvalue weighted by Gasteiger charge is 2.29. The van der Waals surface area contributed by atoms with E-state index in [0.29, 0.717) is 17.5 Å². The van der Waals surface area contributed by atoms with E-state index >= 15 is 0 Å². The lowest BCUT2D eigenvalue weighted by atomic mass is 9.92. The second-order valence-corrected chi connectivity index (χ2v) is 6.25. The fourth-order valence-electron chi connectivity index (χ4n) is 3.10. The Labute approximate surface area is 141 Å². The molecule has 0 saturated carbocycles. The third-order valence-electron chi connectivity index (χ3n) is 4.10. The van der Waals surface area contributed by atoms with Crippen molar-refractivity contribution in [1.82, 2.24) is 0 Å². The maximum Gasteiger partial charge on any atom is 0.310 e. The Bertz CT molecular complexity index is 610. The standard InChI is InChI=1S/C18H24O6/c1-11(23-12(2)19)6-4-3-5-7-16-18-13(9-17(22)24-16)8-14(20)10-15(18)21/h8,10-11,16,20-21H,3-7,9H2,1-2H3/t11-,16-/m0/s1. The van der Waals surface area contributed by atoms with Crippen molar-refractivity contribution in [2.45, 2.75) is 64.6 Å². The number of phenols is 2. The van der Waals surface area contributed by atoms with Gasteiger partial charge in [-0.25, -0.2) is 0 Å². The molecule has 2 N–H and O–H groups in total. The molecule has 0 aliphatic carbocycles. The van der Waals surface area contributed by atoms with Crippen molar-refractivity contribution in [2.24, 2.45) is 0 Å². The molecule has 0 aromatic heterocycles. The fraction of sp³-hybridized carbons (Fsp3) is 0.556. The Hall–Kier alpha value is -2.24. The molecule has 0 fully saturated rings. The van der Waals surface area contributed by atoms with Gasteiger partial charge in [0.25, 0.3) is 0 Å². The quantitative estimate of drug-likeness (QED) is 0.587. The Morgan fingerprint density at radius 2 is 2.08 bits per heavy atom. The van der Waals surface area contributed by atoms with Gasteiger partial charge in [0.1, 0.15) is 17.6 Å². The minimum absolute atomic E-state index is 0.0361. The van der Waals surface area contributed by atoms with Gasteiger partial charge in [-0.05, 0) is 44.2 Å². The average molecular weight is 336 g/mol. The van der Waals surface area contributed by atoms with E-state index in [-0.39, 0.29) is 36.0 Å². The first kappa shape index (κ1) is 18.1. The summed E-state index contributed by atoms with van der Waals surface area (Å²) in [6, 6.07) is 2.77. The normalized spacial score (nSPS) is 17.8. The predicted molar refractivity (Wildman–Crippen MR) is 86.6 cm³/mol. The Balaban J connectivity index is 1.86. The Morgan fingerprint density at radius 3 is 2.79 bits per heavy atom. The van der Waals surface area contributed by atoms with E-state index < -0.39 is 6.10 Å². The monoisotopic (exact) mass is 336 g/mol. The largest absolute Gasteiger partial charge is 0.508 e. The molecule has 0 bridgehead atoms. The smallest absolute Gasteiger partial charge is 0.310 e. The summed E-state index contributed by atoms with van der Waals surface area (Å²) in [6.45, 7) is 3.26. The second-order valence-electron chi connectivity index (χ2n) is 6.25. The number of hydrogen-bond acceptors (Lipinski definition) is 6. The van der Waals surface area contributed by atoms with E-state index in [1.165, 1.54) is 19.1 Å². The number of unbranched alkanes of at least 4 members (excludes halogenated alkanes) is 2. The summed E-state index contributed by atoms with van der Waals surface area (Å²) in [6.07, 6.45) is 3.53. The van der Waals surface area contributed by atoms with Crippen molar-refractivity contribution < 1.29 is 29.3 Å². The number of rotatable bonds is 7. The van der Waals surface area contributed by atoms with E-state index in [4.69, 9.17) is 9.47 Å². The summed E-state index contributed by atoms with van der Waals surface area (Å²) in [4.78, 5) is 22.5. The first-order valence-electron chi connectivity index (χ1n) is 8.28. The summed E-state index contributed by atoms with van der Waals surface area (Å²) < 4.78 is 10.4. The number of esters is 2. The summed E-state index contributed by atoms with van der Waals surface area (Å²) >= 11 is 0. The van der Waals surface area contributed by atoms with Crippen LogP contribution in [0.5, 0.6) is 11.5 Å². The van der Waals surface area contributed by atoms with Crippen molar-refractivity contribution in [3.63, 3.8) is 0 Å². The van der Waals surface area contributed by atoms with E-state index in [1.807, 2.05) is 6.92 Å². The molecule has 6 nitrogen and oxygen atoms in total. The Morgan fingerprint density at radius 1 is 1.33 bits per heavy atom. The molecule has 6 heteroatoms. The van der Waals surface area contributed by atoms with Crippen LogP contribution in [-0.4, -0.2) is 28.3 Å². The van der Waals surface area contributed by atoms with Gasteiger partial charge in [0.15, 0.2) is 0 Å². The average Bonchev–Trinajstić information content (AvgIpc) is 2.44. The van der Waals surface area contributed by atoms with Crippen LogP contribution >= 0.6 is 0 Å². The zero-order valence-electron chi connectivity index (χ0n) is 14.1. The molecular formula is C18H24O6. The topological polar surface area (TPSA) is 93.1 Å². The maximum absolute atomic E-state index is 11.7. The van der Waals surface area contributed by atoms with Crippen molar-refractivity contribution in [2.75, 3.05) is 0 Å². The van der Waals surface area contributed by atoms with Gasteiger partial charge in [-0.3, -0.25) is 9.59 Å². The predicted octanol–water partition coefficient (Wildman–Crippen LogP) is 3.14. The lowest BCUT2D eigenvalue weighted by Crippen LogP contribution is -2.21. The number of carbonyl (C=O) groups is 2. The van der Waals surface area contributed by atoms with Gasteiger partial charge in [-0.15, -0.1) is 0 Å². The number of hydrogen-bond donors (Lipinski definition) is 2. The van der Waals surface area contributed by atoms with Crippen molar-refractivity contribution in [1.29, 1.82) is 0 Å². The summed E-state index contributed by atoms with van der Waals surface area (Å²) in [5, 5.41) is 19.6. The number of cyclic esters (lactones) is 1. The van der Waals surface area contributed by atoms with Crippen molar-refractivity contribution in [3.8, 4) is 11.5 Å². The van der Waals surface area contributed by atoms with Gasteiger partial charge in [-0.1, -0.05) is 6.42 Å². The number of benzene rings is 1. The molecule has 132 valence electrons. The van der Waals surface area contributed by atoms with Crippen LogP contribution in [0.2, 0.25) is 0 Å². The highest BCUT2D eigenvalue weighted by atomic mass is 16.5. The van der Waals surface area contributed by atoms with Crippen molar-refractivity contribution in [3.05, 3.63) is 23.3 Å². The van der Waals surface area contributed by atoms with Crippen LogP contribution in [0.4, 0.5) is 0 Å². The van der Waals surface area contributed by atoms with Crippen LogP contribution in [0.3, 0.4) is 0 Å². The van der Waals surface area contributed by atoms with Gasteiger partial charge in [0.05, 0.1) is 12.5 Å². The van der Waals surface area contributed by atoms with Gasteiger partial charge in [0, 0.05) is 18.6 Å². The van der Waals surface area contributed by atoms with Crippen LogP contribution in [0.15, 0.2) is 12.1 Å². The highest BCUT2D eigenvalue weighted by molar-refractivity contribution is 5.76. The van der Waals surface area contributed by atoms with Gasteiger partial charge >= 0.3 is 11.9 Å². The zero-order valence-corrected chi connectivity index (χ0v) is 14.1. The minimum Gasteiger partial charge on any atom is -0.508 e. The summed E-state index contributed by atoms with van der Waals surface area (Å²) in [5.74, 6) is -0.710. The van der Waals surface area contributed by atoms with Gasteiger partial charge < -0.3 is 19.7 Å². The van der Waals surface area contributed by atoms with Crippen LogP contribution in [0.1, 0.15) is 63.2 Å². The highest BCUT2D eigenvalue weighted by Crippen LogP contribution is 2.39. The minimum atomic E-state index is -0.479. The van der Waals surface area contributed by atoms with Crippen LogP contribution in [-0.2, 0) is 25.5 Å². The SMILES string of the molecule is CC(=O)O[C@@H](C)CCCCC[C@@H]1OC(=O)Cc2cc(O)cc(O)c21. The summed E-state index contributed by atoms with van der Waals surface area (Å²) in [7, 11) is 0. The molecule has 0 spiro atoms. The first-order valence-corrected chi connectivity index (χ1v) is 8.28. The number of phenolic OH excluding ortho intramolecular Hbond substituents is 2. The fourth-order valence-corrected chi connectivity index (χ4v) is 3.10. The molecule has 1 heterocycles. The molecule has 2 atom stereocenters. The van der Waals surface area contributed by atoms with Gasteiger partial charge in [0.2, 0.25) is 0 Å². The van der Waals surface area contributed by atoms with Crippen molar-refractivity contribution >= 4 is 11.9 Å². The second kappa shape index (κ2) is 8.04.